The predicted molar refractivity (Wildman–Crippen MR) is 68.6 cm³/mol. The molecule has 1 fully saturated rings. The second-order valence-corrected chi connectivity index (χ2v) is 5.86. The van der Waals surface area contributed by atoms with Crippen molar-refractivity contribution < 1.29 is 0 Å². The average Bonchev–Trinajstić information content (AvgIpc) is 2.30. The zero-order valence-corrected chi connectivity index (χ0v) is 10.5. The molecule has 15 heavy (non-hydrogen) atoms. The van der Waals surface area contributed by atoms with Crippen LogP contribution in [0.4, 0.5) is 0 Å². The van der Waals surface area contributed by atoms with Gasteiger partial charge in [0, 0.05) is 18.8 Å². The molecule has 2 rings (SSSR count). The van der Waals surface area contributed by atoms with Crippen molar-refractivity contribution in [2.24, 2.45) is 10.4 Å². The van der Waals surface area contributed by atoms with Crippen LogP contribution in [0.1, 0.15) is 45.4 Å². The standard InChI is InChI=1S/C12H22N2S/c1-2-8-13-11-14-9-12(10-15-11)6-4-3-5-7-12/h2-10H2,1H3,(H,13,14). The SMILES string of the molecule is CCCNC1=NCC2(CCCCC2)CS1. The van der Waals surface area contributed by atoms with Crippen molar-refractivity contribution in [2.75, 3.05) is 18.8 Å². The Hall–Kier alpha value is -0.180. The van der Waals surface area contributed by atoms with Gasteiger partial charge in [-0.05, 0) is 24.7 Å². The van der Waals surface area contributed by atoms with Crippen LogP contribution in [0, 0.1) is 5.41 Å². The molecule has 1 spiro atoms. The number of thioether (sulfide) groups is 1. The topological polar surface area (TPSA) is 24.4 Å². The molecule has 1 aliphatic heterocycles. The van der Waals surface area contributed by atoms with Gasteiger partial charge in [0.25, 0.3) is 0 Å². The van der Waals surface area contributed by atoms with E-state index in [1.54, 1.807) is 0 Å². The third-order valence-corrected chi connectivity index (χ3v) is 4.82. The van der Waals surface area contributed by atoms with Gasteiger partial charge in [-0.1, -0.05) is 37.9 Å². The molecular weight excluding hydrogens is 204 g/mol. The van der Waals surface area contributed by atoms with Crippen LogP contribution in [0.2, 0.25) is 0 Å². The highest BCUT2D eigenvalue weighted by Crippen LogP contribution is 2.41. The first-order chi connectivity index (χ1) is 7.35. The normalized spacial score (nSPS) is 25.0. The smallest absolute Gasteiger partial charge is 0.156 e. The van der Waals surface area contributed by atoms with Crippen LogP contribution < -0.4 is 5.32 Å². The lowest BCUT2D eigenvalue weighted by Gasteiger charge is -2.38. The maximum Gasteiger partial charge on any atom is 0.156 e. The van der Waals surface area contributed by atoms with E-state index in [2.05, 4.69) is 12.2 Å². The van der Waals surface area contributed by atoms with Gasteiger partial charge in [0.05, 0.1) is 0 Å². The Kier molecular flexibility index (Phi) is 3.95. The third-order valence-electron chi connectivity index (χ3n) is 3.51. The summed E-state index contributed by atoms with van der Waals surface area (Å²) in [5.74, 6) is 1.29. The van der Waals surface area contributed by atoms with Crippen molar-refractivity contribution in [1.29, 1.82) is 0 Å². The van der Waals surface area contributed by atoms with E-state index in [1.165, 1.54) is 49.4 Å². The molecule has 0 bridgehead atoms. The van der Waals surface area contributed by atoms with E-state index in [9.17, 15) is 0 Å². The van der Waals surface area contributed by atoms with Crippen molar-refractivity contribution >= 4 is 16.9 Å². The molecule has 0 aromatic heterocycles. The van der Waals surface area contributed by atoms with Gasteiger partial charge in [-0.25, -0.2) is 0 Å². The molecule has 0 aromatic carbocycles. The minimum absolute atomic E-state index is 0.570. The maximum atomic E-state index is 4.71. The van der Waals surface area contributed by atoms with Crippen molar-refractivity contribution in [1.82, 2.24) is 5.32 Å². The summed E-state index contributed by atoms with van der Waals surface area (Å²) < 4.78 is 0. The Bertz CT molecular complexity index is 232. The Morgan fingerprint density at radius 1 is 1.33 bits per heavy atom. The lowest BCUT2D eigenvalue weighted by Crippen LogP contribution is -2.37. The van der Waals surface area contributed by atoms with Gasteiger partial charge in [-0.3, -0.25) is 4.99 Å². The van der Waals surface area contributed by atoms with Gasteiger partial charge in [-0.2, -0.15) is 0 Å². The summed E-state index contributed by atoms with van der Waals surface area (Å²) in [5, 5.41) is 4.59. The first kappa shape index (κ1) is 11.3. The average molecular weight is 226 g/mol. The molecule has 0 amide bonds. The Morgan fingerprint density at radius 2 is 2.13 bits per heavy atom. The molecule has 1 saturated carbocycles. The molecule has 3 heteroatoms. The number of aliphatic imine (C=N–C) groups is 1. The highest BCUT2D eigenvalue weighted by Gasteiger charge is 2.34. The first-order valence-corrected chi connectivity index (χ1v) is 7.24. The quantitative estimate of drug-likeness (QED) is 0.782. The summed E-state index contributed by atoms with van der Waals surface area (Å²) >= 11 is 1.95. The summed E-state index contributed by atoms with van der Waals surface area (Å²) in [4.78, 5) is 4.71. The number of nitrogens with one attached hydrogen (secondary N) is 1. The second kappa shape index (κ2) is 5.24. The van der Waals surface area contributed by atoms with Crippen LogP contribution in [-0.4, -0.2) is 24.0 Å². The molecule has 0 saturated heterocycles. The summed E-state index contributed by atoms with van der Waals surface area (Å²) in [5.41, 5.74) is 0.570. The van der Waals surface area contributed by atoms with Crippen LogP contribution in [0.5, 0.6) is 0 Å². The minimum Gasteiger partial charge on any atom is -0.365 e. The molecule has 1 aliphatic carbocycles. The monoisotopic (exact) mass is 226 g/mol. The van der Waals surface area contributed by atoms with Crippen LogP contribution in [-0.2, 0) is 0 Å². The molecule has 2 nitrogen and oxygen atoms in total. The number of amidine groups is 1. The van der Waals surface area contributed by atoms with Gasteiger partial charge in [-0.15, -0.1) is 0 Å². The second-order valence-electron chi connectivity index (χ2n) is 4.90. The van der Waals surface area contributed by atoms with Crippen LogP contribution in [0.3, 0.4) is 0 Å². The van der Waals surface area contributed by atoms with E-state index >= 15 is 0 Å². The molecule has 86 valence electrons. The van der Waals surface area contributed by atoms with Crippen LogP contribution in [0.15, 0.2) is 4.99 Å². The van der Waals surface area contributed by atoms with Gasteiger partial charge >= 0.3 is 0 Å². The molecular formula is C12H22N2S. The summed E-state index contributed by atoms with van der Waals surface area (Å²) in [6.07, 6.45) is 8.29. The molecule has 2 aliphatic rings. The van der Waals surface area contributed by atoms with E-state index < -0.39 is 0 Å². The molecule has 0 aromatic rings. The predicted octanol–water partition coefficient (Wildman–Crippen LogP) is 3.04. The van der Waals surface area contributed by atoms with Crippen molar-refractivity contribution in [3.63, 3.8) is 0 Å². The fourth-order valence-electron chi connectivity index (χ4n) is 2.50. The number of nitrogens with zero attached hydrogens (tertiary/aromatic N) is 1. The van der Waals surface area contributed by atoms with Crippen molar-refractivity contribution in [3.8, 4) is 0 Å². The zero-order chi connectivity index (χ0) is 10.6. The highest BCUT2D eigenvalue weighted by atomic mass is 32.2. The summed E-state index contributed by atoms with van der Waals surface area (Å²) in [6, 6.07) is 0. The molecule has 1 heterocycles. The van der Waals surface area contributed by atoms with Crippen molar-refractivity contribution in [2.45, 2.75) is 45.4 Å². The van der Waals surface area contributed by atoms with Gasteiger partial charge in [0.2, 0.25) is 0 Å². The van der Waals surface area contributed by atoms with E-state index in [-0.39, 0.29) is 0 Å². The fraction of sp³-hybridized carbons (Fsp3) is 0.917. The Labute approximate surface area is 97.3 Å². The maximum absolute atomic E-state index is 4.71. The number of rotatable bonds is 2. The minimum atomic E-state index is 0.570. The summed E-state index contributed by atoms with van der Waals surface area (Å²) in [6.45, 7) is 4.34. The molecule has 0 atom stereocenters. The Balaban J connectivity index is 1.86. The lowest BCUT2D eigenvalue weighted by atomic mass is 9.75. The zero-order valence-electron chi connectivity index (χ0n) is 9.72. The molecule has 0 unspecified atom stereocenters. The van der Waals surface area contributed by atoms with E-state index in [0.29, 0.717) is 5.41 Å². The van der Waals surface area contributed by atoms with Crippen molar-refractivity contribution in [3.05, 3.63) is 0 Å². The first-order valence-electron chi connectivity index (χ1n) is 6.26. The summed E-state index contributed by atoms with van der Waals surface area (Å²) in [7, 11) is 0. The highest BCUT2D eigenvalue weighted by molar-refractivity contribution is 8.13. The largest absolute Gasteiger partial charge is 0.365 e. The Morgan fingerprint density at radius 3 is 2.73 bits per heavy atom. The number of hydrogen-bond donors (Lipinski definition) is 1. The van der Waals surface area contributed by atoms with Gasteiger partial charge in [0.1, 0.15) is 0 Å². The van der Waals surface area contributed by atoms with Gasteiger partial charge < -0.3 is 5.32 Å². The van der Waals surface area contributed by atoms with E-state index in [4.69, 9.17) is 4.99 Å². The van der Waals surface area contributed by atoms with Gasteiger partial charge in [0.15, 0.2) is 5.17 Å². The fourth-order valence-corrected chi connectivity index (χ4v) is 3.68. The van der Waals surface area contributed by atoms with Crippen LogP contribution in [0.25, 0.3) is 0 Å². The molecule has 0 radical (unpaired) electrons. The number of hydrogen-bond acceptors (Lipinski definition) is 3. The molecule has 1 N–H and O–H groups in total. The van der Waals surface area contributed by atoms with Crippen LogP contribution >= 0.6 is 11.8 Å². The third kappa shape index (κ3) is 2.90. The van der Waals surface area contributed by atoms with E-state index in [1.807, 2.05) is 11.8 Å². The van der Waals surface area contributed by atoms with E-state index in [0.717, 1.165) is 13.1 Å². The lowest BCUT2D eigenvalue weighted by molar-refractivity contribution is 0.232.